The summed E-state index contributed by atoms with van der Waals surface area (Å²) in [5.41, 5.74) is -1.19. The van der Waals surface area contributed by atoms with Gasteiger partial charge in [0.15, 0.2) is 0 Å². The first-order valence-corrected chi connectivity index (χ1v) is 12.4. The predicted molar refractivity (Wildman–Crippen MR) is 137 cm³/mol. The molecule has 0 fully saturated rings. The van der Waals surface area contributed by atoms with Crippen molar-refractivity contribution in [3.8, 4) is 0 Å². The number of carbonyl (C=O) groups is 3. The van der Waals surface area contributed by atoms with E-state index in [0.29, 0.717) is 0 Å². The van der Waals surface area contributed by atoms with Crippen molar-refractivity contribution in [1.82, 2.24) is 0 Å². The lowest BCUT2D eigenvalue weighted by Crippen LogP contribution is -2.43. The summed E-state index contributed by atoms with van der Waals surface area (Å²) in [6.07, 6.45) is 4.66. The average Bonchev–Trinajstić information content (AvgIpc) is 2.90. The van der Waals surface area contributed by atoms with Gasteiger partial charge < -0.3 is 48.8 Å². The van der Waals surface area contributed by atoms with Gasteiger partial charge in [-0.15, -0.1) is 0 Å². The van der Waals surface area contributed by atoms with Gasteiger partial charge in [0, 0.05) is 18.2 Å². The van der Waals surface area contributed by atoms with Crippen molar-refractivity contribution < 1.29 is 63.2 Å². The number of esters is 3. The quantitative estimate of drug-likeness (QED) is 0.0749. The Hall–Kier alpha value is -2.65. The summed E-state index contributed by atoms with van der Waals surface area (Å²) in [6, 6.07) is 0. The van der Waals surface area contributed by atoms with Crippen LogP contribution in [-0.4, -0.2) is 123 Å². The van der Waals surface area contributed by atoms with Crippen molar-refractivity contribution in [2.45, 2.75) is 39.1 Å². The minimum Gasteiger partial charge on any atom is -0.460 e. The Morgan fingerprint density at radius 1 is 0.590 bits per heavy atom. The lowest BCUT2D eigenvalue weighted by Gasteiger charge is -2.32. The Morgan fingerprint density at radius 3 is 1.10 bits per heavy atom. The van der Waals surface area contributed by atoms with Gasteiger partial charge in [0.1, 0.15) is 38.1 Å². The lowest BCUT2D eigenvalue weighted by atomic mass is 9.92. The largest absolute Gasteiger partial charge is 0.460 e. The van der Waals surface area contributed by atoms with E-state index in [1.165, 1.54) is 36.5 Å². The van der Waals surface area contributed by atoms with Gasteiger partial charge in [-0.05, 0) is 20.8 Å². The van der Waals surface area contributed by atoms with Gasteiger partial charge in [-0.2, -0.15) is 0 Å². The summed E-state index contributed by atoms with van der Waals surface area (Å²) in [7, 11) is 0. The number of hydrogen-bond acceptors (Lipinski definition) is 13. The van der Waals surface area contributed by atoms with Crippen molar-refractivity contribution in [2.75, 3.05) is 66.1 Å². The zero-order chi connectivity index (χ0) is 29.5. The Morgan fingerprint density at radius 2 is 0.872 bits per heavy atom. The maximum atomic E-state index is 11.4. The zero-order valence-corrected chi connectivity index (χ0v) is 22.7. The molecular formula is C26H42O13. The molecule has 0 amide bonds. The van der Waals surface area contributed by atoms with E-state index in [1.807, 2.05) is 0 Å². The monoisotopic (exact) mass is 562 g/mol. The molecule has 0 saturated carbocycles. The van der Waals surface area contributed by atoms with Crippen LogP contribution in [0.3, 0.4) is 0 Å². The molecule has 3 unspecified atom stereocenters. The van der Waals surface area contributed by atoms with E-state index in [4.69, 9.17) is 28.4 Å². The molecule has 0 aromatic heterocycles. The molecule has 0 spiro atoms. The number of allylic oxidation sites excluding steroid dienone is 3. The normalized spacial score (nSPS) is 15.8. The smallest absolute Gasteiger partial charge is 0.330 e. The van der Waals surface area contributed by atoms with Crippen molar-refractivity contribution in [3.05, 3.63) is 36.5 Å². The third-order valence-electron chi connectivity index (χ3n) is 4.65. The topological polar surface area (TPSA) is 188 Å². The van der Waals surface area contributed by atoms with E-state index in [0.717, 1.165) is 0 Å². The molecule has 0 bridgehead atoms. The summed E-state index contributed by atoms with van der Waals surface area (Å²) in [4.78, 5) is 34.1. The van der Waals surface area contributed by atoms with Gasteiger partial charge in [-0.25, -0.2) is 14.4 Å². The molecule has 13 nitrogen and oxygen atoms in total. The minimum atomic E-state index is -1.19. The van der Waals surface area contributed by atoms with Crippen LogP contribution in [0.2, 0.25) is 0 Å². The first kappa shape index (κ1) is 36.4. The van der Waals surface area contributed by atoms with Gasteiger partial charge in [0.2, 0.25) is 0 Å². The molecule has 0 aliphatic heterocycles. The molecule has 0 aliphatic carbocycles. The van der Waals surface area contributed by atoms with Gasteiger partial charge in [-0.1, -0.05) is 18.2 Å². The Labute approximate surface area is 228 Å². The number of rotatable bonds is 22. The van der Waals surface area contributed by atoms with Crippen molar-refractivity contribution in [1.29, 1.82) is 0 Å². The fraction of sp³-hybridized carbons (Fsp3) is 0.654. The molecule has 0 heterocycles. The van der Waals surface area contributed by atoms with Crippen LogP contribution in [0.25, 0.3) is 0 Å². The van der Waals surface area contributed by atoms with E-state index < -0.39 is 48.2 Å². The average molecular weight is 563 g/mol. The van der Waals surface area contributed by atoms with Crippen LogP contribution >= 0.6 is 0 Å². The molecule has 4 N–H and O–H groups in total. The summed E-state index contributed by atoms with van der Waals surface area (Å²) in [5.74, 6) is -1.85. The van der Waals surface area contributed by atoms with Crippen LogP contribution < -0.4 is 0 Å². The number of hydrogen-bond donors (Lipinski definition) is 4. The van der Waals surface area contributed by atoms with Crippen molar-refractivity contribution in [2.24, 2.45) is 5.41 Å². The van der Waals surface area contributed by atoms with E-state index in [2.05, 4.69) is 0 Å². The highest BCUT2D eigenvalue weighted by Crippen LogP contribution is 2.20. The molecule has 0 radical (unpaired) electrons. The minimum absolute atomic E-state index is 0.178. The number of ether oxygens (including phenoxy) is 6. The maximum Gasteiger partial charge on any atom is 0.330 e. The second-order valence-corrected chi connectivity index (χ2v) is 8.56. The van der Waals surface area contributed by atoms with Crippen LogP contribution in [0.1, 0.15) is 20.8 Å². The number of aliphatic hydroxyl groups excluding tert-OH is 4. The molecular weight excluding hydrogens is 520 g/mol. The molecule has 0 aromatic rings. The van der Waals surface area contributed by atoms with E-state index in [1.54, 1.807) is 20.8 Å². The van der Waals surface area contributed by atoms with Gasteiger partial charge in [0.25, 0.3) is 0 Å². The Kier molecular flexibility index (Phi) is 20.7. The van der Waals surface area contributed by atoms with Crippen LogP contribution in [0.4, 0.5) is 0 Å². The Balaban J connectivity index is 4.93. The SMILES string of the molecule is CC=CC(=O)OCC(O)COCC(CO)(COCC(O)COC(=O)C=CC)COCC(O)COC(=O)C=CC. The summed E-state index contributed by atoms with van der Waals surface area (Å²) >= 11 is 0. The highest BCUT2D eigenvalue weighted by atomic mass is 16.6. The number of aliphatic hydroxyl groups is 4. The molecule has 0 aliphatic rings. The molecule has 0 aromatic carbocycles. The second-order valence-electron chi connectivity index (χ2n) is 8.56. The van der Waals surface area contributed by atoms with E-state index in [-0.39, 0.29) is 59.5 Å². The molecule has 224 valence electrons. The summed E-state index contributed by atoms with van der Waals surface area (Å²) in [6.45, 7) is 2.26. The standard InChI is InChI=1S/C26H42O13/c1-4-7-23(31)37-13-20(28)10-34-17-26(16-27,18-35-11-21(29)14-38-24(32)8-5-2)19-36-12-22(30)15-39-25(33)9-6-3/h4-9,20-22,27-30H,10-19H2,1-3H3. The number of carbonyl (C=O) groups excluding carboxylic acids is 3. The van der Waals surface area contributed by atoms with Crippen LogP contribution in [0.15, 0.2) is 36.5 Å². The predicted octanol–water partition coefficient (Wildman–Crippen LogP) is -0.544. The highest BCUT2D eigenvalue weighted by Gasteiger charge is 2.32. The third-order valence-corrected chi connectivity index (χ3v) is 4.65. The van der Waals surface area contributed by atoms with Gasteiger partial charge in [0.05, 0.1) is 51.7 Å². The van der Waals surface area contributed by atoms with Crippen LogP contribution in [-0.2, 0) is 42.8 Å². The molecule has 0 saturated heterocycles. The van der Waals surface area contributed by atoms with E-state index >= 15 is 0 Å². The van der Waals surface area contributed by atoms with Crippen LogP contribution in [0.5, 0.6) is 0 Å². The van der Waals surface area contributed by atoms with Crippen molar-refractivity contribution >= 4 is 17.9 Å². The molecule has 3 atom stereocenters. The summed E-state index contributed by atoms with van der Waals surface area (Å²) < 4.78 is 31.1. The first-order valence-electron chi connectivity index (χ1n) is 12.4. The second kappa shape index (κ2) is 22.2. The summed E-state index contributed by atoms with van der Waals surface area (Å²) in [5, 5.41) is 40.1. The molecule has 0 rings (SSSR count). The highest BCUT2D eigenvalue weighted by molar-refractivity contribution is 5.82. The van der Waals surface area contributed by atoms with Gasteiger partial charge >= 0.3 is 17.9 Å². The van der Waals surface area contributed by atoms with E-state index in [9.17, 15) is 34.8 Å². The molecule has 39 heavy (non-hydrogen) atoms. The third kappa shape index (κ3) is 19.1. The fourth-order valence-corrected chi connectivity index (χ4v) is 2.73. The molecule has 13 heteroatoms. The lowest BCUT2D eigenvalue weighted by molar-refractivity contribution is -0.146. The zero-order valence-electron chi connectivity index (χ0n) is 22.7. The van der Waals surface area contributed by atoms with Gasteiger partial charge in [-0.3, -0.25) is 0 Å². The maximum absolute atomic E-state index is 11.4. The van der Waals surface area contributed by atoms with Crippen LogP contribution in [0, 0.1) is 5.41 Å². The Bertz CT molecular complexity index is 680. The van der Waals surface area contributed by atoms with Crippen molar-refractivity contribution in [3.63, 3.8) is 0 Å². The fourth-order valence-electron chi connectivity index (χ4n) is 2.73. The first-order chi connectivity index (χ1) is 18.6.